The van der Waals surface area contributed by atoms with Crippen LogP contribution >= 0.6 is 0 Å². The molecule has 0 unspecified atom stereocenters. The van der Waals surface area contributed by atoms with Gasteiger partial charge in [-0.1, -0.05) is 0 Å². The highest BCUT2D eigenvalue weighted by molar-refractivity contribution is 5.50. The molecular weight excluding hydrogens is 216 g/mol. The Kier molecular flexibility index (Phi) is 3.38. The zero-order chi connectivity index (χ0) is 12.5. The fourth-order valence-electron chi connectivity index (χ4n) is 1.45. The standard InChI is InChI=1S/C11H15F2NO2/c1-11(2,14)6-5-7(12)8(13)10(16-4)9(6)15-3/h5H,14H2,1-4H3. The Morgan fingerprint density at radius 2 is 1.62 bits per heavy atom. The van der Waals surface area contributed by atoms with Gasteiger partial charge in [0.05, 0.1) is 14.2 Å². The lowest BCUT2D eigenvalue weighted by molar-refractivity contribution is 0.318. The monoisotopic (exact) mass is 231 g/mol. The van der Waals surface area contributed by atoms with E-state index in [1.54, 1.807) is 13.8 Å². The van der Waals surface area contributed by atoms with E-state index in [1.807, 2.05) is 0 Å². The first kappa shape index (κ1) is 12.7. The van der Waals surface area contributed by atoms with Crippen LogP contribution in [0.4, 0.5) is 8.78 Å². The van der Waals surface area contributed by atoms with E-state index in [1.165, 1.54) is 14.2 Å². The Balaban J connectivity index is 3.57. The smallest absolute Gasteiger partial charge is 0.204 e. The van der Waals surface area contributed by atoms with Crippen LogP contribution in [0.15, 0.2) is 6.07 Å². The summed E-state index contributed by atoms with van der Waals surface area (Å²) < 4.78 is 36.5. The molecule has 16 heavy (non-hydrogen) atoms. The number of methoxy groups -OCH3 is 2. The summed E-state index contributed by atoms with van der Waals surface area (Å²) in [5.41, 5.74) is 5.35. The number of rotatable bonds is 3. The predicted molar refractivity (Wildman–Crippen MR) is 56.7 cm³/mol. The SMILES string of the molecule is COc1c(C(C)(C)N)cc(F)c(F)c1OC. The van der Waals surface area contributed by atoms with Gasteiger partial charge in [0.1, 0.15) is 0 Å². The highest BCUT2D eigenvalue weighted by Crippen LogP contribution is 2.39. The van der Waals surface area contributed by atoms with Gasteiger partial charge in [0.25, 0.3) is 0 Å². The predicted octanol–water partition coefficient (Wildman–Crippen LogP) is 2.18. The van der Waals surface area contributed by atoms with Crippen LogP contribution in [-0.2, 0) is 5.54 Å². The molecule has 3 nitrogen and oxygen atoms in total. The summed E-state index contributed by atoms with van der Waals surface area (Å²) in [7, 11) is 2.60. The second-order valence-corrected chi connectivity index (χ2v) is 4.01. The first-order valence-corrected chi connectivity index (χ1v) is 4.72. The van der Waals surface area contributed by atoms with Crippen molar-refractivity contribution in [1.29, 1.82) is 0 Å². The Hall–Kier alpha value is -1.36. The average Bonchev–Trinajstić information content (AvgIpc) is 2.19. The van der Waals surface area contributed by atoms with Gasteiger partial charge in [-0.2, -0.15) is 4.39 Å². The number of benzene rings is 1. The van der Waals surface area contributed by atoms with E-state index in [-0.39, 0.29) is 11.5 Å². The number of ether oxygens (including phenoxy) is 2. The molecule has 0 bridgehead atoms. The molecule has 0 heterocycles. The molecule has 0 aliphatic carbocycles. The van der Waals surface area contributed by atoms with Crippen molar-refractivity contribution in [2.75, 3.05) is 14.2 Å². The minimum Gasteiger partial charge on any atom is -0.492 e. The van der Waals surface area contributed by atoms with Crippen LogP contribution in [0.2, 0.25) is 0 Å². The normalized spacial score (nSPS) is 11.4. The van der Waals surface area contributed by atoms with Crippen LogP contribution in [0.25, 0.3) is 0 Å². The maximum absolute atomic E-state index is 13.4. The minimum absolute atomic E-state index is 0.119. The molecule has 0 saturated heterocycles. The lowest BCUT2D eigenvalue weighted by Crippen LogP contribution is -2.29. The van der Waals surface area contributed by atoms with Crippen molar-refractivity contribution in [1.82, 2.24) is 0 Å². The van der Waals surface area contributed by atoms with Gasteiger partial charge in [-0.3, -0.25) is 0 Å². The van der Waals surface area contributed by atoms with Crippen molar-refractivity contribution in [3.8, 4) is 11.5 Å². The molecule has 0 atom stereocenters. The number of nitrogens with two attached hydrogens (primary N) is 1. The molecule has 0 spiro atoms. The second kappa shape index (κ2) is 4.25. The van der Waals surface area contributed by atoms with Gasteiger partial charge >= 0.3 is 0 Å². The van der Waals surface area contributed by atoms with Crippen molar-refractivity contribution < 1.29 is 18.3 Å². The van der Waals surface area contributed by atoms with Crippen LogP contribution in [0.1, 0.15) is 19.4 Å². The molecule has 0 saturated carbocycles. The van der Waals surface area contributed by atoms with E-state index in [2.05, 4.69) is 0 Å². The zero-order valence-corrected chi connectivity index (χ0v) is 9.73. The van der Waals surface area contributed by atoms with Crippen LogP contribution in [0.5, 0.6) is 11.5 Å². The number of halogens is 2. The maximum atomic E-state index is 13.4. The van der Waals surface area contributed by atoms with Crippen molar-refractivity contribution in [2.45, 2.75) is 19.4 Å². The van der Waals surface area contributed by atoms with Gasteiger partial charge in [0.2, 0.25) is 5.82 Å². The van der Waals surface area contributed by atoms with Crippen molar-refractivity contribution in [2.24, 2.45) is 5.73 Å². The Morgan fingerprint density at radius 3 is 2.00 bits per heavy atom. The number of hydrogen-bond acceptors (Lipinski definition) is 3. The first-order valence-electron chi connectivity index (χ1n) is 4.72. The van der Waals surface area contributed by atoms with E-state index in [0.29, 0.717) is 5.56 Å². The van der Waals surface area contributed by atoms with Gasteiger partial charge in [-0.25, -0.2) is 4.39 Å². The quantitative estimate of drug-likeness (QED) is 0.867. The minimum atomic E-state index is -1.08. The average molecular weight is 231 g/mol. The second-order valence-electron chi connectivity index (χ2n) is 4.01. The largest absolute Gasteiger partial charge is 0.492 e. The molecule has 1 aromatic carbocycles. The van der Waals surface area contributed by atoms with Crippen molar-refractivity contribution in [3.05, 3.63) is 23.3 Å². The summed E-state index contributed by atoms with van der Waals surface area (Å²) in [5.74, 6) is -2.23. The fourth-order valence-corrected chi connectivity index (χ4v) is 1.45. The van der Waals surface area contributed by atoms with E-state index in [0.717, 1.165) is 6.07 Å². The van der Waals surface area contributed by atoms with Crippen LogP contribution < -0.4 is 15.2 Å². The third-order valence-corrected chi connectivity index (χ3v) is 2.23. The summed E-state index contributed by atoms with van der Waals surface area (Å²) in [6.07, 6.45) is 0. The van der Waals surface area contributed by atoms with Gasteiger partial charge in [0.15, 0.2) is 17.3 Å². The van der Waals surface area contributed by atoms with Gasteiger partial charge in [-0.15, -0.1) is 0 Å². The Morgan fingerprint density at radius 1 is 1.12 bits per heavy atom. The third kappa shape index (κ3) is 2.09. The third-order valence-electron chi connectivity index (χ3n) is 2.23. The molecule has 0 radical (unpaired) electrons. The molecule has 0 aliphatic heterocycles. The van der Waals surface area contributed by atoms with Gasteiger partial charge in [0, 0.05) is 11.1 Å². The van der Waals surface area contributed by atoms with Gasteiger partial charge in [-0.05, 0) is 19.9 Å². The van der Waals surface area contributed by atoms with Crippen molar-refractivity contribution >= 4 is 0 Å². The molecule has 0 amide bonds. The molecule has 0 aliphatic rings. The summed E-state index contributed by atoms with van der Waals surface area (Å²) in [5, 5.41) is 0. The molecule has 5 heteroatoms. The highest BCUT2D eigenvalue weighted by Gasteiger charge is 2.27. The summed E-state index contributed by atoms with van der Waals surface area (Å²) in [6, 6.07) is 1.02. The molecule has 90 valence electrons. The van der Waals surface area contributed by atoms with Crippen LogP contribution in [-0.4, -0.2) is 14.2 Å². The summed E-state index contributed by atoms with van der Waals surface area (Å²) in [4.78, 5) is 0. The maximum Gasteiger partial charge on any atom is 0.204 e. The van der Waals surface area contributed by atoms with E-state index in [4.69, 9.17) is 15.2 Å². The number of hydrogen-bond donors (Lipinski definition) is 1. The molecule has 2 N–H and O–H groups in total. The fraction of sp³-hybridized carbons (Fsp3) is 0.455. The van der Waals surface area contributed by atoms with Crippen LogP contribution in [0, 0.1) is 11.6 Å². The van der Waals surface area contributed by atoms with Gasteiger partial charge < -0.3 is 15.2 Å². The lowest BCUT2D eigenvalue weighted by Gasteiger charge is -2.23. The molecular formula is C11H15F2NO2. The summed E-state index contributed by atoms with van der Waals surface area (Å²) >= 11 is 0. The molecule has 1 aromatic rings. The van der Waals surface area contributed by atoms with E-state index < -0.39 is 17.2 Å². The zero-order valence-electron chi connectivity index (χ0n) is 9.73. The molecule has 0 aromatic heterocycles. The topological polar surface area (TPSA) is 44.5 Å². The van der Waals surface area contributed by atoms with Crippen molar-refractivity contribution in [3.63, 3.8) is 0 Å². The lowest BCUT2D eigenvalue weighted by atomic mass is 9.94. The van der Waals surface area contributed by atoms with Crippen LogP contribution in [0.3, 0.4) is 0 Å². The Bertz CT molecular complexity index is 400. The van der Waals surface area contributed by atoms with E-state index >= 15 is 0 Å². The molecule has 0 fully saturated rings. The highest BCUT2D eigenvalue weighted by atomic mass is 19.2. The molecule has 1 rings (SSSR count). The first-order chi connectivity index (χ1) is 7.32. The summed E-state index contributed by atoms with van der Waals surface area (Å²) in [6.45, 7) is 3.34. The Labute approximate surface area is 93.2 Å². The van der Waals surface area contributed by atoms with E-state index in [9.17, 15) is 8.78 Å².